The second kappa shape index (κ2) is 8.15. The van der Waals surface area contributed by atoms with E-state index in [4.69, 9.17) is 4.74 Å². The zero-order chi connectivity index (χ0) is 16.8. The lowest BCUT2D eigenvalue weighted by Crippen LogP contribution is -2.43. The van der Waals surface area contributed by atoms with Crippen LogP contribution in [0.3, 0.4) is 0 Å². The molecule has 1 aromatic carbocycles. The van der Waals surface area contributed by atoms with Crippen molar-refractivity contribution in [3.8, 4) is 5.75 Å². The van der Waals surface area contributed by atoms with Crippen LogP contribution in [0.15, 0.2) is 30.3 Å². The first-order valence-corrected chi connectivity index (χ1v) is 9.22. The average molecular weight is 330 g/mol. The van der Waals surface area contributed by atoms with Gasteiger partial charge in [-0.3, -0.25) is 4.90 Å². The molecule has 4 heteroatoms. The first-order valence-electron chi connectivity index (χ1n) is 9.22. The molecule has 0 atom stereocenters. The molecule has 2 N–H and O–H groups in total. The van der Waals surface area contributed by atoms with E-state index in [2.05, 4.69) is 28.4 Å². The van der Waals surface area contributed by atoms with Gasteiger partial charge in [0.2, 0.25) is 0 Å². The van der Waals surface area contributed by atoms with Crippen LogP contribution in [-0.2, 0) is 0 Å². The maximum absolute atomic E-state index is 11.3. The summed E-state index contributed by atoms with van der Waals surface area (Å²) in [4.78, 5) is 2.45. The van der Waals surface area contributed by atoms with Crippen LogP contribution in [0, 0.1) is 0 Å². The van der Waals surface area contributed by atoms with Gasteiger partial charge in [0.25, 0.3) is 0 Å². The monoisotopic (exact) mass is 330 g/mol. The largest absolute Gasteiger partial charge is 0.497 e. The van der Waals surface area contributed by atoms with Gasteiger partial charge in [-0.25, -0.2) is 0 Å². The van der Waals surface area contributed by atoms with Crippen LogP contribution in [0.25, 0.3) is 5.57 Å². The van der Waals surface area contributed by atoms with Crippen molar-refractivity contribution in [2.24, 2.45) is 0 Å². The van der Waals surface area contributed by atoms with Crippen molar-refractivity contribution in [1.82, 2.24) is 10.2 Å². The molecule has 24 heavy (non-hydrogen) atoms. The van der Waals surface area contributed by atoms with E-state index < -0.39 is 5.60 Å². The number of hydrogen-bond acceptors (Lipinski definition) is 4. The summed E-state index contributed by atoms with van der Waals surface area (Å²) in [5, 5.41) is 14.7. The topological polar surface area (TPSA) is 44.7 Å². The Labute approximate surface area is 145 Å². The quantitative estimate of drug-likeness (QED) is 0.871. The molecule has 2 fully saturated rings. The third kappa shape index (κ3) is 4.18. The number of methoxy groups -OCH3 is 1. The lowest BCUT2D eigenvalue weighted by molar-refractivity contribution is 0.0610. The SMILES string of the molecule is COc1cccc(C(=CCN2CCNCC2)C2(O)CCCCC2)c1. The van der Waals surface area contributed by atoms with E-state index in [1.807, 2.05) is 12.1 Å². The number of benzene rings is 1. The molecule has 3 rings (SSSR count). The Morgan fingerprint density at radius 2 is 2.00 bits per heavy atom. The Kier molecular flexibility index (Phi) is 5.93. The van der Waals surface area contributed by atoms with Gasteiger partial charge in [-0.1, -0.05) is 37.5 Å². The smallest absolute Gasteiger partial charge is 0.119 e. The average Bonchev–Trinajstić information content (AvgIpc) is 2.63. The molecule has 4 nitrogen and oxygen atoms in total. The van der Waals surface area contributed by atoms with Crippen LogP contribution < -0.4 is 10.1 Å². The molecule has 0 radical (unpaired) electrons. The number of hydrogen-bond donors (Lipinski definition) is 2. The molecule has 132 valence electrons. The molecule has 1 aromatic rings. The van der Waals surface area contributed by atoms with Gasteiger partial charge in [-0.05, 0) is 36.1 Å². The second-order valence-electron chi connectivity index (χ2n) is 6.99. The van der Waals surface area contributed by atoms with Crippen molar-refractivity contribution in [3.05, 3.63) is 35.9 Å². The maximum atomic E-state index is 11.3. The Hall–Kier alpha value is -1.36. The summed E-state index contributed by atoms with van der Waals surface area (Å²) in [5.41, 5.74) is 1.48. The molecular formula is C20H30N2O2. The van der Waals surface area contributed by atoms with Gasteiger partial charge in [0.15, 0.2) is 0 Å². The van der Waals surface area contributed by atoms with E-state index in [9.17, 15) is 5.11 Å². The summed E-state index contributed by atoms with van der Waals surface area (Å²) < 4.78 is 5.39. The van der Waals surface area contributed by atoms with E-state index in [1.165, 1.54) is 6.42 Å². The molecular weight excluding hydrogens is 300 g/mol. The molecule has 0 bridgehead atoms. The van der Waals surface area contributed by atoms with Crippen molar-refractivity contribution in [2.75, 3.05) is 39.8 Å². The van der Waals surface area contributed by atoms with Crippen molar-refractivity contribution >= 4 is 5.57 Å². The van der Waals surface area contributed by atoms with Gasteiger partial charge >= 0.3 is 0 Å². The minimum atomic E-state index is -0.696. The van der Waals surface area contributed by atoms with Gasteiger partial charge in [0, 0.05) is 32.7 Å². The summed E-state index contributed by atoms with van der Waals surface area (Å²) in [6.07, 6.45) is 7.41. The molecule has 0 unspecified atom stereocenters. The van der Waals surface area contributed by atoms with Crippen molar-refractivity contribution < 1.29 is 9.84 Å². The van der Waals surface area contributed by atoms with Gasteiger partial charge in [0.05, 0.1) is 12.7 Å². The molecule has 1 aliphatic heterocycles. The molecule has 0 spiro atoms. The standard InChI is InChI=1S/C20H30N2O2/c1-24-18-7-5-6-17(16-18)19(20(23)9-3-2-4-10-20)8-13-22-14-11-21-12-15-22/h5-8,16,21,23H,2-4,9-15H2,1H3. The number of piperazine rings is 1. The van der Waals surface area contributed by atoms with Crippen molar-refractivity contribution in [1.29, 1.82) is 0 Å². The predicted octanol–water partition coefficient (Wildman–Crippen LogP) is 2.68. The highest BCUT2D eigenvalue weighted by atomic mass is 16.5. The van der Waals surface area contributed by atoms with Gasteiger partial charge in [-0.2, -0.15) is 0 Å². The fraction of sp³-hybridized carbons (Fsp3) is 0.600. The van der Waals surface area contributed by atoms with Crippen LogP contribution in [0.5, 0.6) is 5.75 Å². The summed E-state index contributed by atoms with van der Waals surface area (Å²) in [6, 6.07) is 8.12. The summed E-state index contributed by atoms with van der Waals surface area (Å²) >= 11 is 0. The van der Waals surface area contributed by atoms with E-state index in [0.29, 0.717) is 0 Å². The van der Waals surface area contributed by atoms with Crippen LogP contribution in [-0.4, -0.2) is 55.4 Å². The van der Waals surface area contributed by atoms with E-state index in [-0.39, 0.29) is 0 Å². The lowest BCUT2D eigenvalue weighted by atomic mass is 9.76. The first-order chi connectivity index (χ1) is 11.7. The Balaban J connectivity index is 1.87. The Bertz CT molecular complexity index is 559. The molecule has 0 amide bonds. The minimum Gasteiger partial charge on any atom is -0.497 e. The molecule has 2 aliphatic rings. The number of ether oxygens (including phenoxy) is 1. The third-order valence-corrected chi connectivity index (χ3v) is 5.33. The normalized spacial score (nSPS) is 22.3. The zero-order valence-electron chi connectivity index (χ0n) is 14.8. The molecule has 1 saturated heterocycles. The van der Waals surface area contributed by atoms with Crippen LogP contribution in [0.2, 0.25) is 0 Å². The highest BCUT2D eigenvalue weighted by Crippen LogP contribution is 2.40. The number of rotatable bonds is 5. The number of aliphatic hydroxyl groups is 1. The fourth-order valence-corrected chi connectivity index (χ4v) is 3.89. The predicted molar refractivity (Wildman–Crippen MR) is 98.3 cm³/mol. The first kappa shape index (κ1) is 17.5. The van der Waals surface area contributed by atoms with Crippen LogP contribution in [0.1, 0.15) is 37.7 Å². The van der Waals surface area contributed by atoms with Gasteiger partial charge < -0.3 is 15.2 Å². The summed E-state index contributed by atoms with van der Waals surface area (Å²) in [6.45, 7) is 5.14. The van der Waals surface area contributed by atoms with E-state index in [1.54, 1.807) is 7.11 Å². The molecule has 1 heterocycles. The Morgan fingerprint density at radius 1 is 1.25 bits per heavy atom. The fourth-order valence-electron chi connectivity index (χ4n) is 3.89. The van der Waals surface area contributed by atoms with E-state index >= 15 is 0 Å². The van der Waals surface area contributed by atoms with Crippen LogP contribution in [0.4, 0.5) is 0 Å². The summed E-state index contributed by atoms with van der Waals surface area (Å²) in [7, 11) is 1.69. The van der Waals surface area contributed by atoms with Crippen LogP contribution >= 0.6 is 0 Å². The van der Waals surface area contributed by atoms with Crippen molar-refractivity contribution in [3.63, 3.8) is 0 Å². The third-order valence-electron chi connectivity index (χ3n) is 5.33. The second-order valence-corrected chi connectivity index (χ2v) is 6.99. The molecule has 0 aromatic heterocycles. The van der Waals surface area contributed by atoms with Crippen molar-refractivity contribution in [2.45, 2.75) is 37.7 Å². The molecule has 1 saturated carbocycles. The highest BCUT2D eigenvalue weighted by Gasteiger charge is 2.34. The number of nitrogens with one attached hydrogen (secondary N) is 1. The van der Waals surface area contributed by atoms with Gasteiger partial charge in [0.1, 0.15) is 5.75 Å². The van der Waals surface area contributed by atoms with E-state index in [0.717, 1.165) is 75.3 Å². The highest BCUT2D eigenvalue weighted by molar-refractivity contribution is 5.73. The number of nitrogens with zero attached hydrogens (tertiary/aromatic N) is 1. The minimum absolute atomic E-state index is 0.696. The van der Waals surface area contributed by atoms with Gasteiger partial charge in [-0.15, -0.1) is 0 Å². The molecule has 1 aliphatic carbocycles. The maximum Gasteiger partial charge on any atom is 0.119 e. The Morgan fingerprint density at radius 3 is 2.71 bits per heavy atom. The summed E-state index contributed by atoms with van der Waals surface area (Å²) in [5.74, 6) is 0.847. The lowest BCUT2D eigenvalue weighted by Gasteiger charge is -2.36. The zero-order valence-corrected chi connectivity index (χ0v) is 14.8.